The number of esters is 1. The molecular formula is C25H22FNO3. The van der Waals surface area contributed by atoms with Crippen molar-refractivity contribution in [2.75, 3.05) is 0 Å². The first-order valence-electron chi connectivity index (χ1n) is 10.4. The molecule has 0 bridgehead atoms. The average molecular weight is 403 g/mol. The van der Waals surface area contributed by atoms with E-state index in [-0.39, 0.29) is 17.8 Å². The van der Waals surface area contributed by atoms with E-state index in [1.807, 2.05) is 36.4 Å². The molecule has 3 aromatic rings. The summed E-state index contributed by atoms with van der Waals surface area (Å²) >= 11 is 0. The van der Waals surface area contributed by atoms with Gasteiger partial charge in [-0.2, -0.15) is 0 Å². The summed E-state index contributed by atoms with van der Waals surface area (Å²) in [4.78, 5) is 16.6. The summed E-state index contributed by atoms with van der Waals surface area (Å²) in [5, 5.41) is 11.5. The zero-order valence-electron chi connectivity index (χ0n) is 16.5. The molecule has 1 saturated carbocycles. The third-order valence-electron chi connectivity index (χ3n) is 5.78. The van der Waals surface area contributed by atoms with Crippen LogP contribution in [-0.4, -0.2) is 22.2 Å². The van der Waals surface area contributed by atoms with Gasteiger partial charge in [-0.15, -0.1) is 0 Å². The van der Waals surface area contributed by atoms with Crippen LogP contribution < -0.4 is 0 Å². The minimum absolute atomic E-state index is 0.105. The lowest BCUT2D eigenvalue weighted by Crippen LogP contribution is -2.21. The minimum Gasteiger partial charge on any atom is -0.507 e. The third-order valence-corrected chi connectivity index (χ3v) is 5.78. The van der Waals surface area contributed by atoms with Gasteiger partial charge in [0.2, 0.25) is 0 Å². The summed E-state index contributed by atoms with van der Waals surface area (Å²) in [6, 6.07) is 11.9. The number of para-hydroxylation sites is 1. The molecule has 0 radical (unpaired) electrons. The molecule has 1 N–H and O–H groups in total. The molecule has 5 rings (SSSR count). The first kappa shape index (κ1) is 18.8. The van der Waals surface area contributed by atoms with Crippen LogP contribution in [0.4, 0.5) is 4.39 Å². The lowest BCUT2D eigenvalue weighted by molar-refractivity contribution is -0.150. The fourth-order valence-electron chi connectivity index (χ4n) is 4.16. The quantitative estimate of drug-likeness (QED) is 0.565. The van der Waals surface area contributed by atoms with Crippen molar-refractivity contribution >= 4 is 22.9 Å². The number of hydrogen-bond acceptors (Lipinski definition) is 4. The van der Waals surface area contributed by atoms with Crippen molar-refractivity contribution in [3.63, 3.8) is 0 Å². The standard InChI is InChI=1S/C25H22FNO3/c26-16-10-12-19(22(28)14-16)24-18-5-1-2-6-21(18)27-25(15-8-9-15)20(24)13-11-17-4-3-7-23(29)30-17/h1-2,5-6,10-15,17,28H,3-4,7-9H2/b13-11+/t17-/m0/s1. The van der Waals surface area contributed by atoms with E-state index in [2.05, 4.69) is 0 Å². The Hall–Kier alpha value is -3.21. The number of cyclic esters (lactones) is 1. The molecule has 30 heavy (non-hydrogen) atoms. The molecule has 5 heteroatoms. The van der Waals surface area contributed by atoms with Crippen LogP contribution in [0.15, 0.2) is 48.5 Å². The van der Waals surface area contributed by atoms with Crippen LogP contribution in [0.2, 0.25) is 0 Å². The summed E-state index contributed by atoms with van der Waals surface area (Å²) in [5.41, 5.74) is 4.13. The van der Waals surface area contributed by atoms with E-state index < -0.39 is 5.82 Å². The summed E-state index contributed by atoms with van der Waals surface area (Å²) < 4.78 is 19.1. The number of halogens is 1. The van der Waals surface area contributed by atoms with Gasteiger partial charge < -0.3 is 9.84 Å². The molecule has 2 fully saturated rings. The Morgan fingerprint density at radius 1 is 1.13 bits per heavy atom. The van der Waals surface area contributed by atoms with Crippen molar-refractivity contribution < 1.29 is 19.0 Å². The molecular weight excluding hydrogens is 381 g/mol. The van der Waals surface area contributed by atoms with Gasteiger partial charge in [-0.05, 0) is 50.0 Å². The lowest BCUT2D eigenvalue weighted by atomic mass is 9.91. The van der Waals surface area contributed by atoms with Gasteiger partial charge in [0.25, 0.3) is 0 Å². The highest BCUT2D eigenvalue weighted by Gasteiger charge is 2.30. The number of ether oxygens (including phenoxy) is 1. The van der Waals surface area contributed by atoms with Crippen molar-refractivity contribution in [1.82, 2.24) is 4.98 Å². The normalized spacial score (nSPS) is 19.4. The van der Waals surface area contributed by atoms with E-state index in [1.54, 1.807) is 6.07 Å². The van der Waals surface area contributed by atoms with Gasteiger partial charge >= 0.3 is 5.97 Å². The van der Waals surface area contributed by atoms with Crippen molar-refractivity contribution in [3.8, 4) is 16.9 Å². The van der Waals surface area contributed by atoms with Crippen molar-refractivity contribution in [2.24, 2.45) is 0 Å². The van der Waals surface area contributed by atoms with Crippen LogP contribution in [0.25, 0.3) is 28.1 Å². The largest absolute Gasteiger partial charge is 0.507 e. The number of nitrogens with zero attached hydrogens (tertiary/aromatic N) is 1. The monoisotopic (exact) mass is 403 g/mol. The molecule has 1 aliphatic carbocycles. The Kier molecular flexibility index (Phi) is 4.74. The van der Waals surface area contributed by atoms with Crippen molar-refractivity contribution in [1.29, 1.82) is 0 Å². The van der Waals surface area contributed by atoms with Gasteiger partial charge in [0.05, 0.1) is 11.2 Å². The van der Waals surface area contributed by atoms with Gasteiger partial charge in [0, 0.05) is 40.5 Å². The molecule has 0 unspecified atom stereocenters. The summed E-state index contributed by atoms with van der Waals surface area (Å²) in [6.45, 7) is 0. The van der Waals surface area contributed by atoms with Crippen LogP contribution >= 0.6 is 0 Å². The highest BCUT2D eigenvalue weighted by atomic mass is 19.1. The second-order valence-corrected chi connectivity index (χ2v) is 8.02. The van der Waals surface area contributed by atoms with Crippen molar-refractivity contribution in [3.05, 3.63) is 65.6 Å². The number of benzene rings is 2. The number of carbonyl (C=O) groups excluding carboxylic acids is 1. The Balaban J connectivity index is 1.72. The second kappa shape index (κ2) is 7.56. The molecule has 2 heterocycles. The van der Waals surface area contributed by atoms with Gasteiger partial charge in [0.15, 0.2) is 0 Å². The summed E-state index contributed by atoms with van der Waals surface area (Å²) in [7, 11) is 0. The smallest absolute Gasteiger partial charge is 0.306 e. The molecule has 1 saturated heterocycles. The number of fused-ring (bicyclic) bond motifs is 1. The molecule has 0 spiro atoms. The maximum Gasteiger partial charge on any atom is 0.306 e. The topological polar surface area (TPSA) is 59.4 Å². The summed E-state index contributed by atoms with van der Waals surface area (Å²) in [6.07, 6.45) is 7.82. The van der Waals surface area contributed by atoms with Gasteiger partial charge in [0.1, 0.15) is 17.7 Å². The van der Waals surface area contributed by atoms with Crippen LogP contribution in [-0.2, 0) is 9.53 Å². The van der Waals surface area contributed by atoms with Gasteiger partial charge in [-0.1, -0.05) is 24.3 Å². The average Bonchev–Trinajstić information content (AvgIpc) is 3.57. The predicted molar refractivity (Wildman–Crippen MR) is 114 cm³/mol. The summed E-state index contributed by atoms with van der Waals surface area (Å²) in [5.74, 6) is -0.397. The lowest BCUT2D eigenvalue weighted by Gasteiger charge is -2.20. The van der Waals surface area contributed by atoms with Gasteiger partial charge in [-0.25, -0.2) is 4.39 Å². The molecule has 4 nitrogen and oxygen atoms in total. The first-order valence-corrected chi connectivity index (χ1v) is 10.4. The van der Waals surface area contributed by atoms with E-state index in [0.29, 0.717) is 17.9 Å². The number of aromatic hydroxyl groups is 1. The van der Waals surface area contributed by atoms with Crippen LogP contribution in [0.5, 0.6) is 5.75 Å². The molecule has 2 aliphatic rings. The number of pyridine rings is 1. The van der Waals surface area contributed by atoms with E-state index in [0.717, 1.165) is 59.5 Å². The second-order valence-electron chi connectivity index (χ2n) is 8.02. The molecule has 0 amide bonds. The zero-order valence-corrected chi connectivity index (χ0v) is 16.5. The number of rotatable bonds is 4. The number of aromatic nitrogens is 1. The Morgan fingerprint density at radius 2 is 1.97 bits per heavy atom. The SMILES string of the molecule is O=C1CCC[C@@H](/C=C/c2c(C3CC3)nc3ccccc3c2-c2ccc(F)cc2O)O1. The Labute approximate surface area is 174 Å². The minimum atomic E-state index is -0.483. The molecule has 1 aliphatic heterocycles. The van der Waals surface area contributed by atoms with Crippen LogP contribution in [0.1, 0.15) is 49.3 Å². The fourth-order valence-corrected chi connectivity index (χ4v) is 4.16. The van der Waals surface area contributed by atoms with E-state index in [9.17, 15) is 14.3 Å². The Bertz CT molecular complexity index is 1170. The van der Waals surface area contributed by atoms with Crippen molar-refractivity contribution in [2.45, 2.75) is 44.1 Å². The van der Waals surface area contributed by atoms with Gasteiger partial charge in [-0.3, -0.25) is 9.78 Å². The number of phenols is 1. The zero-order chi connectivity index (χ0) is 20.7. The molecule has 1 atom stereocenters. The maximum atomic E-state index is 13.7. The highest BCUT2D eigenvalue weighted by Crippen LogP contribution is 2.46. The van der Waals surface area contributed by atoms with E-state index in [4.69, 9.17) is 9.72 Å². The number of phenolic OH excluding ortho intramolecular Hbond substituents is 1. The number of carbonyl (C=O) groups is 1. The Morgan fingerprint density at radius 3 is 2.73 bits per heavy atom. The van der Waals surface area contributed by atoms with Crippen LogP contribution in [0, 0.1) is 5.82 Å². The van der Waals surface area contributed by atoms with E-state index in [1.165, 1.54) is 6.07 Å². The third kappa shape index (κ3) is 3.56. The predicted octanol–water partition coefficient (Wildman–Crippen LogP) is 5.73. The maximum absolute atomic E-state index is 13.7. The van der Waals surface area contributed by atoms with Crippen LogP contribution in [0.3, 0.4) is 0 Å². The molecule has 152 valence electrons. The molecule has 2 aromatic carbocycles. The molecule has 1 aromatic heterocycles. The number of hydrogen-bond donors (Lipinski definition) is 1. The van der Waals surface area contributed by atoms with E-state index >= 15 is 0 Å². The first-order chi connectivity index (χ1) is 14.6. The highest BCUT2D eigenvalue weighted by molar-refractivity contribution is 6.00. The fraction of sp³-hybridized carbons (Fsp3) is 0.280.